The zero-order chi connectivity index (χ0) is 10.5. The van der Waals surface area contributed by atoms with E-state index in [0.717, 1.165) is 0 Å². The summed E-state index contributed by atoms with van der Waals surface area (Å²) in [7, 11) is 6.50. The zero-order valence-electron chi connectivity index (χ0n) is 9.20. The van der Waals surface area contributed by atoms with Gasteiger partial charge in [-0.2, -0.15) is 0 Å². The highest BCUT2D eigenvalue weighted by molar-refractivity contribution is 5.11. The molecule has 1 rings (SSSR count). The van der Waals surface area contributed by atoms with Crippen LogP contribution in [0.5, 0.6) is 0 Å². The Kier molecular flexibility index (Phi) is 15.5. The first-order valence-corrected chi connectivity index (χ1v) is 4.04. The first kappa shape index (κ1) is 14.7. The molecule has 0 amide bonds. The van der Waals surface area contributed by atoms with Crippen LogP contribution in [0.15, 0.2) is 30.3 Å². The predicted octanol–water partition coefficient (Wildman–Crippen LogP) is 2.52. The minimum absolute atomic E-state index is 1.32. The second-order valence-electron chi connectivity index (χ2n) is 2.47. The van der Waals surface area contributed by atoms with Crippen LogP contribution in [0.1, 0.15) is 5.56 Å². The molecule has 2 heteroatoms. The lowest BCUT2D eigenvalue weighted by Gasteiger charge is -1.82. The molecule has 0 bridgehead atoms. The minimum Gasteiger partial charge on any atom is -0.388 e. The summed E-state index contributed by atoms with van der Waals surface area (Å²) in [6, 6.07) is 10.3. The average molecular weight is 184 g/mol. The minimum atomic E-state index is 1.32. The van der Waals surface area contributed by atoms with Gasteiger partial charge in [-0.1, -0.05) is 35.9 Å². The van der Waals surface area contributed by atoms with Crippen molar-refractivity contribution in [2.24, 2.45) is 0 Å². The van der Waals surface area contributed by atoms with E-state index >= 15 is 0 Å². The van der Waals surface area contributed by atoms with E-state index in [1.807, 2.05) is 18.2 Å². The maximum Gasteiger partial charge on any atom is 0.0351 e. The fourth-order valence-electron chi connectivity index (χ4n) is 0.534. The maximum atomic E-state index is 4.25. The van der Waals surface area contributed by atoms with Gasteiger partial charge < -0.3 is 9.47 Å². The number of hydrogen-bond donors (Lipinski definition) is 0. The standard InChI is InChI=1S/C7H8.2C2H6O/c1-7-5-3-2-4-6-7;2*1-3-2/h2-6H,1H3;2*1-2H3. The largest absolute Gasteiger partial charge is 0.388 e. The van der Waals surface area contributed by atoms with Gasteiger partial charge in [-0.05, 0) is 6.92 Å². The topological polar surface area (TPSA) is 18.5 Å². The fraction of sp³-hybridized carbons (Fsp3) is 0.455. The fourth-order valence-corrected chi connectivity index (χ4v) is 0.534. The van der Waals surface area contributed by atoms with Crippen LogP contribution in [0.3, 0.4) is 0 Å². The summed E-state index contributed by atoms with van der Waals surface area (Å²) in [6.07, 6.45) is 0. The molecule has 0 atom stereocenters. The summed E-state index contributed by atoms with van der Waals surface area (Å²) < 4.78 is 8.50. The van der Waals surface area contributed by atoms with Gasteiger partial charge in [-0.3, -0.25) is 0 Å². The van der Waals surface area contributed by atoms with E-state index in [2.05, 4.69) is 28.5 Å². The van der Waals surface area contributed by atoms with Crippen LogP contribution >= 0.6 is 0 Å². The van der Waals surface area contributed by atoms with Crippen molar-refractivity contribution in [1.82, 2.24) is 0 Å². The van der Waals surface area contributed by atoms with Gasteiger partial charge in [0.05, 0.1) is 0 Å². The van der Waals surface area contributed by atoms with Gasteiger partial charge in [0.2, 0.25) is 0 Å². The summed E-state index contributed by atoms with van der Waals surface area (Å²) in [5.74, 6) is 0. The first-order chi connectivity index (χ1) is 6.22. The summed E-state index contributed by atoms with van der Waals surface area (Å²) in [5, 5.41) is 0. The molecule has 0 heterocycles. The van der Waals surface area contributed by atoms with E-state index in [-0.39, 0.29) is 0 Å². The number of hydrogen-bond acceptors (Lipinski definition) is 2. The molecular formula is C11H20O2. The van der Waals surface area contributed by atoms with Crippen LogP contribution < -0.4 is 0 Å². The van der Waals surface area contributed by atoms with Crippen molar-refractivity contribution in [3.8, 4) is 0 Å². The summed E-state index contributed by atoms with van der Waals surface area (Å²) >= 11 is 0. The molecule has 0 N–H and O–H groups in total. The van der Waals surface area contributed by atoms with E-state index in [0.29, 0.717) is 0 Å². The Hall–Kier alpha value is -0.860. The monoisotopic (exact) mass is 184 g/mol. The third-order valence-electron chi connectivity index (χ3n) is 0.940. The second-order valence-corrected chi connectivity index (χ2v) is 2.47. The summed E-state index contributed by atoms with van der Waals surface area (Å²) in [5.41, 5.74) is 1.32. The van der Waals surface area contributed by atoms with Crippen LogP contribution in [0, 0.1) is 6.92 Å². The third kappa shape index (κ3) is 18.3. The van der Waals surface area contributed by atoms with Gasteiger partial charge in [-0.25, -0.2) is 0 Å². The van der Waals surface area contributed by atoms with Gasteiger partial charge in [-0.15, -0.1) is 0 Å². The van der Waals surface area contributed by atoms with E-state index < -0.39 is 0 Å². The number of methoxy groups -OCH3 is 2. The lowest BCUT2D eigenvalue weighted by atomic mass is 10.2. The van der Waals surface area contributed by atoms with E-state index in [9.17, 15) is 0 Å². The van der Waals surface area contributed by atoms with Gasteiger partial charge in [0, 0.05) is 28.4 Å². The summed E-state index contributed by atoms with van der Waals surface area (Å²) in [4.78, 5) is 0. The normalized spacial score (nSPS) is 7.46. The van der Waals surface area contributed by atoms with Crippen LogP contribution in [-0.4, -0.2) is 28.4 Å². The molecule has 0 saturated carbocycles. The second kappa shape index (κ2) is 13.7. The Balaban J connectivity index is 0. The molecule has 0 saturated heterocycles. The Morgan fingerprint density at radius 1 is 0.769 bits per heavy atom. The molecule has 0 aliphatic heterocycles. The molecule has 0 aliphatic rings. The van der Waals surface area contributed by atoms with Crippen molar-refractivity contribution >= 4 is 0 Å². The molecule has 76 valence electrons. The molecule has 0 aromatic heterocycles. The Bertz CT molecular complexity index is 159. The lowest BCUT2D eigenvalue weighted by Crippen LogP contribution is -1.62. The quantitative estimate of drug-likeness (QED) is 0.617. The van der Waals surface area contributed by atoms with Crippen molar-refractivity contribution < 1.29 is 9.47 Å². The molecule has 13 heavy (non-hydrogen) atoms. The highest BCUT2D eigenvalue weighted by Gasteiger charge is 1.72. The van der Waals surface area contributed by atoms with Gasteiger partial charge >= 0.3 is 0 Å². The van der Waals surface area contributed by atoms with Crippen LogP contribution in [0.2, 0.25) is 0 Å². The Labute approximate surface area is 81.5 Å². The van der Waals surface area contributed by atoms with Crippen LogP contribution in [0.4, 0.5) is 0 Å². The average Bonchev–Trinajstić information content (AvgIpc) is 2.08. The third-order valence-corrected chi connectivity index (χ3v) is 0.940. The highest BCUT2D eigenvalue weighted by Crippen LogP contribution is 1.92. The Morgan fingerprint density at radius 2 is 1.08 bits per heavy atom. The molecule has 0 fully saturated rings. The van der Waals surface area contributed by atoms with E-state index in [1.165, 1.54) is 5.56 Å². The van der Waals surface area contributed by atoms with Crippen LogP contribution in [0.25, 0.3) is 0 Å². The number of ether oxygens (including phenoxy) is 2. The molecule has 0 aliphatic carbocycles. The van der Waals surface area contributed by atoms with Gasteiger partial charge in [0.25, 0.3) is 0 Å². The SMILES string of the molecule is COC.COC.Cc1ccccc1. The molecule has 1 aromatic rings. The van der Waals surface area contributed by atoms with Crippen molar-refractivity contribution in [1.29, 1.82) is 0 Å². The summed E-state index contributed by atoms with van der Waals surface area (Å²) in [6.45, 7) is 2.08. The van der Waals surface area contributed by atoms with Crippen molar-refractivity contribution in [2.75, 3.05) is 28.4 Å². The van der Waals surface area contributed by atoms with Crippen molar-refractivity contribution in [3.05, 3.63) is 35.9 Å². The zero-order valence-corrected chi connectivity index (χ0v) is 9.20. The number of rotatable bonds is 0. The van der Waals surface area contributed by atoms with E-state index in [1.54, 1.807) is 28.4 Å². The smallest absolute Gasteiger partial charge is 0.0351 e. The molecule has 0 spiro atoms. The molecule has 1 aromatic carbocycles. The van der Waals surface area contributed by atoms with E-state index in [4.69, 9.17) is 0 Å². The predicted molar refractivity (Wildman–Crippen MR) is 57.0 cm³/mol. The molecule has 0 radical (unpaired) electrons. The molecule has 2 nitrogen and oxygen atoms in total. The van der Waals surface area contributed by atoms with Crippen molar-refractivity contribution in [3.63, 3.8) is 0 Å². The number of benzene rings is 1. The Morgan fingerprint density at radius 3 is 1.23 bits per heavy atom. The highest BCUT2D eigenvalue weighted by atomic mass is 16.5. The first-order valence-electron chi connectivity index (χ1n) is 4.04. The lowest BCUT2D eigenvalue weighted by molar-refractivity contribution is 0.277. The maximum absolute atomic E-state index is 4.25. The van der Waals surface area contributed by atoms with Crippen LogP contribution in [-0.2, 0) is 9.47 Å². The number of aryl methyl sites for hydroxylation is 1. The van der Waals surface area contributed by atoms with Crippen molar-refractivity contribution in [2.45, 2.75) is 6.92 Å². The molecular weight excluding hydrogens is 164 g/mol. The molecule has 0 unspecified atom stereocenters. The van der Waals surface area contributed by atoms with Gasteiger partial charge in [0.1, 0.15) is 0 Å². The van der Waals surface area contributed by atoms with Gasteiger partial charge in [0.15, 0.2) is 0 Å².